The SMILES string of the molecule is CC(C)Oc1ccc(F)c([N+](=O)[O-])c1. The van der Waals surface area contributed by atoms with Crippen molar-refractivity contribution in [1.82, 2.24) is 0 Å². The van der Waals surface area contributed by atoms with E-state index in [9.17, 15) is 14.5 Å². The molecule has 0 saturated heterocycles. The van der Waals surface area contributed by atoms with Crippen molar-refractivity contribution >= 4 is 5.69 Å². The number of benzene rings is 1. The normalized spacial score (nSPS) is 10.3. The van der Waals surface area contributed by atoms with Crippen LogP contribution in [0.1, 0.15) is 13.8 Å². The van der Waals surface area contributed by atoms with Crippen molar-refractivity contribution in [2.75, 3.05) is 0 Å². The first-order valence-electron chi connectivity index (χ1n) is 4.11. The van der Waals surface area contributed by atoms with Crippen LogP contribution in [0.15, 0.2) is 18.2 Å². The summed E-state index contributed by atoms with van der Waals surface area (Å²) in [6, 6.07) is 3.47. The zero-order valence-electron chi connectivity index (χ0n) is 7.86. The molecule has 76 valence electrons. The van der Waals surface area contributed by atoms with Crippen molar-refractivity contribution in [1.29, 1.82) is 0 Å². The van der Waals surface area contributed by atoms with Crippen LogP contribution >= 0.6 is 0 Å². The van der Waals surface area contributed by atoms with Gasteiger partial charge >= 0.3 is 5.69 Å². The number of hydrogen-bond acceptors (Lipinski definition) is 3. The molecule has 1 aromatic rings. The highest BCUT2D eigenvalue weighted by molar-refractivity contribution is 5.39. The zero-order valence-corrected chi connectivity index (χ0v) is 7.86. The van der Waals surface area contributed by atoms with E-state index in [0.29, 0.717) is 5.75 Å². The van der Waals surface area contributed by atoms with E-state index >= 15 is 0 Å². The molecule has 0 fully saturated rings. The van der Waals surface area contributed by atoms with Crippen LogP contribution in [0.3, 0.4) is 0 Å². The maximum atomic E-state index is 12.9. The maximum absolute atomic E-state index is 12.9. The van der Waals surface area contributed by atoms with E-state index in [1.54, 1.807) is 13.8 Å². The predicted molar refractivity (Wildman–Crippen MR) is 48.8 cm³/mol. The molecule has 0 aliphatic rings. The summed E-state index contributed by atoms with van der Waals surface area (Å²) < 4.78 is 18.0. The number of nitrogens with zero attached hydrogens (tertiary/aromatic N) is 1. The molecule has 0 aliphatic carbocycles. The molecular weight excluding hydrogens is 189 g/mol. The third-order valence-electron chi connectivity index (χ3n) is 1.49. The third kappa shape index (κ3) is 2.42. The first kappa shape index (κ1) is 10.4. The summed E-state index contributed by atoms with van der Waals surface area (Å²) in [5.74, 6) is -0.556. The Hall–Kier alpha value is -1.65. The topological polar surface area (TPSA) is 52.4 Å². The van der Waals surface area contributed by atoms with Crippen LogP contribution in [0.4, 0.5) is 10.1 Å². The summed E-state index contributed by atoms with van der Waals surface area (Å²) in [6.45, 7) is 3.57. The van der Waals surface area contributed by atoms with Gasteiger partial charge in [-0.1, -0.05) is 0 Å². The van der Waals surface area contributed by atoms with Crippen molar-refractivity contribution in [3.8, 4) is 5.75 Å². The first-order chi connectivity index (χ1) is 6.50. The lowest BCUT2D eigenvalue weighted by Gasteiger charge is -2.08. The van der Waals surface area contributed by atoms with Gasteiger partial charge in [0, 0.05) is 0 Å². The average Bonchev–Trinajstić information content (AvgIpc) is 2.07. The molecule has 0 aromatic heterocycles. The summed E-state index contributed by atoms with van der Waals surface area (Å²) in [7, 11) is 0. The molecule has 5 heteroatoms. The van der Waals surface area contributed by atoms with E-state index in [1.807, 2.05) is 0 Å². The number of ether oxygens (including phenoxy) is 1. The second-order valence-corrected chi connectivity index (χ2v) is 3.04. The Bertz CT molecular complexity index is 352. The van der Waals surface area contributed by atoms with Gasteiger partial charge in [0.15, 0.2) is 0 Å². The molecular formula is C9H10FNO3. The van der Waals surface area contributed by atoms with Crippen LogP contribution in [-0.4, -0.2) is 11.0 Å². The predicted octanol–water partition coefficient (Wildman–Crippen LogP) is 2.52. The summed E-state index contributed by atoms with van der Waals surface area (Å²) in [5, 5.41) is 10.4. The fourth-order valence-electron chi connectivity index (χ4n) is 0.978. The van der Waals surface area contributed by atoms with Crippen molar-refractivity contribution in [3.63, 3.8) is 0 Å². The Kier molecular flexibility index (Phi) is 3.01. The van der Waals surface area contributed by atoms with Crippen molar-refractivity contribution in [2.45, 2.75) is 20.0 Å². The maximum Gasteiger partial charge on any atom is 0.308 e. The highest BCUT2D eigenvalue weighted by atomic mass is 19.1. The smallest absolute Gasteiger partial charge is 0.308 e. The summed E-state index contributed by atoms with van der Waals surface area (Å²) in [4.78, 5) is 9.59. The summed E-state index contributed by atoms with van der Waals surface area (Å²) >= 11 is 0. The highest BCUT2D eigenvalue weighted by Gasteiger charge is 2.15. The van der Waals surface area contributed by atoms with Crippen LogP contribution in [0, 0.1) is 15.9 Å². The van der Waals surface area contributed by atoms with Crippen LogP contribution < -0.4 is 4.74 Å². The van der Waals surface area contributed by atoms with E-state index in [1.165, 1.54) is 6.07 Å². The quantitative estimate of drug-likeness (QED) is 0.555. The van der Waals surface area contributed by atoms with Crippen LogP contribution in [-0.2, 0) is 0 Å². The van der Waals surface area contributed by atoms with Gasteiger partial charge in [0.2, 0.25) is 5.82 Å². The Morgan fingerprint density at radius 1 is 1.50 bits per heavy atom. The lowest BCUT2D eigenvalue weighted by atomic mass is 10.3. The molecule has 0 aliphatic heterocycles. The van der Waals surface area contributed by atoms with Crippen LogP contribution in [0.25, 0.3) is 0 Å². The highest BCUT2D eigenvalue weighted by Crippen LogP contribution is 2.23. The molecule has 4 nitrogen and oxygen atoms in total. The molecule has 1 rings (SSSR count). The Labute approximate surface area is 80.5 Å². The molecule has 0 amide bonds. The molecule has 0 saturated carbocycles. The summed E-state index contributed by atoms with van der Waals surface area (Å²) in [6.07, 6.45) is -0.0972. The largest absolute Gasteiger partial charge is 0.491 e. The minimum absolute atomic E-state index is 0.0972. The number of nitro groups is 1. The van der Waals surface area contributed by atoms with Gasteiger partial charge in [0.1, 0.15) is 5.75 Å². The molecule has 0 bridgehead atoms. The lowest BCUT2D eigenvalue weighted by Crippen LogP contribution is -2.06. The molecule has 1 aromatic carbocycles. The van der Waals surface area contributed by atoms with E-state index in [0.717, 1.165) is 12.1 Å². The van der Waals surface area contributed by atoms with Crippen molar-refractivity contribution in [3.05, 3.63) is 34.1 Å². The molecule has 14 heavy (non-hydrogen) atoms. The number of hydrogen-bond donors (Lipinski definition) is 0. The third-order valence-corrected chi connectivity index (χ3v) is 1.49. The number of nitro benzene ring substituents is 1. The standard InChI is InChI=1S/C9H10FNO3/c1-6(2)14-7-3-4-8(10)9(5-7)11(12)13/h3-6H,1-2H3. The number of rotatable bonds is 3. The van der Waals surface area contributed by atoms with E-state index < -0.39 is 16.4 Å². The molecule has 0 heterocycles. The molecule has 0 N–H and O–H groups in total. The van der Waals surface area contributed by atoms with Crippen LogP contribution in [0.5, 0.6) is 5.75 Å². The first-order valence-corrected chi connectivity index (χ1v) is 4.11. The lowest BCUT2D eigenvalue weighted by molar-refractivity contribution is -0.387. The fraction of sp³-hybridized carbons (Fsp3) is 0.333. The Balaban J connectivity index is 3.00. The van der Waals surface area contributed by atoms with Gasteiger partial charge < -0.3 is 4.74 Å². The van der Waals surface area contributed by atoms with Gasteiger partial charge in [-0.25, -0.2) is 0 Å². The molecule has 0 spiro atoms. The van der Waals surface area contributed by atoms with Crippen molar-refractivity contribution in [2.24, 2.45) is 0 Å². The molecule has 0 radical (unpaired) electrons. The fourth-order valence-corrected chi connectivity index (χ4v) is 0.978. The monoisotopic (exact) mass is 199 g/mol. The van der Waals surface area contributed by atoms with E-state index in [2.05, 4.69) is 0 Å². The Morgan fingerprint density at radius 3 is 2.64 bits per heavy atom. The van der Waals surface area contributed by atoms with Gasteiger partial charge in [-0.05, 0) is 26.0 Å². The van der Waals surface area contributed by atoms with Gasteiger partial charge in [-0.2, -0.15) is 4.39 Å². The minimum Gasteiger partial charge on any atom is -0.491 e. The van der Waals surface area contributed by atoms with E-state index in [-0.39, 0.29) is 6.10 Å². The second-order valence-electron chi connectivity index (χ2n) is 3.04. The number of halogens is 1. The van der Waals surface area contributed by atoms with Crippen LogP contribution in [0.2, 0.25) is 0 Å². The average molecular weight is 199 g/mol. The van der Waals surface area contributed by atoms with Gasteiger partial charge in [0.05, 0.1) is 17.1 Å². The van der Waals surface area contributed by atoms with Gasteiger partial charge in [-0.15, -0.1) is 0 Å². The molecule has 0 unspecified atom stereocenters. The van der Waals surface area contributed by atoms with Crippen molar-refractivity contribution < 1.29 is 14.1 Å². The zero-order chi connectivity index (χ0) is 10.7. The van der Waals surface area contributed by atoms with Gasteiger partial charge in [0.25, 0.3) is 0 Å². The minimum atomic E-state index is -0.855. The molecule has 0 atom stereocenters. The van der Waals surface area contributed by atoms with Gasteiger partial charge in [-0.3, -0.25) is 10.1 Å². The second kappa shape index (κ2) is 4.04. The van der Waals surface area contributed by atoms with E-state index in [4.69, 9.17) is 4.74 Å². The summed E-state index contributed by atoms with van der Waals surface area (Å²) in [5.41, 5.74) is -0.567. The Morgan fingerprint density at radius 2 is 2.14 bits per heavy atom.